The van der Waals surface area contributed by atoms with Gasteiger partial charge in [0.05, 0.1) is 25.9 Å². The van der Waals surface area contributed by atoms with Gasteiger partial charge in [-0.3, -0.25) is 0 Å². The van der Waals surface area contributed by atoms with Crippen LogP contribution < -0.4 is 10.1 Å². The van der Waals surface area contributed by atoms with E-state index < -0.39 is 0 Å². The summed E-state index contributed by atoms with van der Waals surface area (Å²) >= 11 is 0. The number of aliphatic hydroxyl groups is 1. The van der Waals surface area contributed by atoms with Gasteiger partial charge >= 0.3 is 6.03 Å². The molecule has 1 aromatic carbocycles. The maximum Gasteiger partial charge on any atom is 0.318 e. The van der Waals surface area contributed by atoms with Crippen molar-refractivity contribution < 1.29 is 19.4 Å². The average Bonchev–Trinajstić information content (AvgIpc) is 2.61. The summed E-state index contributed by atoms with van der Waals surface area (Å²) in [6.45, 7) is 2.92. The third-order valence-electron chi connectivity index (χ3n) is 4.64. The summed E-state index contributed by atoms with van der Waals surface area (Å²) in [6, 6.07) is 7.77. The van der Waals surface area contributed by atoms with Gasteiger partial charge in [-0.05, 0) is 50.3 Å². The quantitative estimate of drug-likeness (QED) is 0.793. The zero-order valence-electron chi connectivity index (χ0n) is 15.4. The number of carbonyl (C=O) groups excluding carboxylic acids is 1. The molecule has 0 heterocycles. The lowest BCUT2D eigenvalue weighted by molar-refractivity contribution is 0.0797. The van der Waals surface area contributed by atoms with Gasteiger partial charge in [-0.1, -0.05) is 12.1 Å². The minimum Gasteiger partial charge on any atom is -0.497 e. The van der Waals surface area contributed by atoms with Gasteiger partial charge in [0.25, 0.3) is 0 Å². The molecule has 1 atom stereocenters. The summed E-state index contributed by atoms with van der Waals surface area (Å²) < 4.78 is 10.4. The highest BCUT2D eigenvalue weighted by Gasteiger charge is 2.29. The maximum atomic E-state index is 12.8. The molecule has 1 aromatic rings. The summed E-state index contributed by atoms with van der Waals surface area (Å²) in [5, 5.41) is 12.8. The normalized spacial score (nSPS) is 21.4. The van der Waals surface area contributed by atoms with E-state index in [0.29, 0.717) is 13.2 Å². The van der Waals surface area contributed by atoms with Crippen molar-refractivity contribution in [2.24, 2.45) is 0 Å². The van der Waals surface area contributed by atoms with Crippen LogP contribution in [0.3, 0.4) is 0 Å². The van der Waals surface area contributed by atoms with Crippen molar-refractivity contribution in [3.63, 3.8) is 0 Å². The van der Waals surface area contributed by atoms with Crippen molar-refractivity contribution in [2.45, 2.75) is 57.3 Å². The van der Waals surface area contributed by atoms with Crippen LogP contribution in [0.1, 0.15) is 38.2 Å². The molecule has 1 aliphatic rings. The Morgan fingerprint density at radius 2 is 2.04 bits per heavy atom. The standard InChI is InChI=1S/C19H30N2O4/c1-14(13-24-2)20-19(23)21(16-7-9-17(22)10-8-16)12-15-5-4-6-18(11-15)25-3/h4-6,11,14,16-17,22H,7-10,12-13H2,1-3H3,(H,20,23). The predicted octanol–water partition coefficient (Wildman–Crippen LogP) is 2.55. The van der Waals surface area contributed by atoms with Crippen LogP contribution in [-0.2, 0) is 11.3 Å². The molecule has 0 radical (unpaired) electrons. The number of nitrogens with one attached hydrogen (secondary N) is 1. The van der Waals surface area contributed by atoms with E-state index in [2.05, 4.69) is 5.32 Å². The Hall–Kier alpha value is -1.79. The minimum absolute atomic E-state index is 0.0560. The first-order chi connectivity index (χ1) is 12.0. The van der Waals surface area contributed by atoms with E-state index >= 15 is 0 Å². The topological polar surface area (TPSA) is 71.0 Å². The number of hydrogen-bond acceptors (Lipinski definition) is 4. The molecule has 1 unspecified atom stereocenters. The number of ether oxygens (including phenoxy) is 2. The van der Waals surface area contributed by atoms with Crippen molar-refractivity contribution in [2.75, 3.05) is 20.8 Å². The highest BCUT2D eigenvalue weighted by Crippen LogP contribution is 2.25. The van der Waals surface area contributed by atoms with E-state index in [0.717, 1.165) is 37.0 Å². The fraction of sp³-hybridized carbons (Fsp3) is 0.632. The van der Waals surface area contributed by atoms with E-state index in [4.69, 9.17) is 9.47 Å². The molecule has 0 aromatic heterocycles. The van der Waals surface area contributed by atoms with Gasteiger partial charge in [-0.25, -0.2) is 4.79 Å². The molecule has 6 heteroatoms. The molecule has 1 aliphatic carbocycles. The molecule has 0 spiro atoms. The van der Waals surface area contributed by atoms with Gasteiger partial charge in [0.2, 0.25) is 0 Å². The van der Waals surface area contributed by atoms with E-state index in [-0.39, 0.29) is 24.2 Å². The van der Waals surface area contributed by atoms with E-state index in [1.807, 2.05) is 36.1 Å². The molecule has 0 saturated heterocycles. The monoisotopic (exact) mass is 350 g/mol. The van der Waals surface area contributed by atoms with Crippen LogP contribution in [0.25, 0.3) is 0 Å². The fourth-order valence-electron chi connectivity index (χ4n) is 3.29. The molecule has 140 valence electrons. The lowest BCUT2D eigenvalue weighted by atomic mass is 9.92. The second-order valence-electron chi connectivity index (χ2n) is 6.75. The molecular formula is C19H30N2O4. The number of methoxy groups -OCH3 is 2. The Balaban J connectivity index is 2.11. The molecule has 1 saturated carbocycles. The van der Waals surface area contributed by atoms with E-state index in [1.54, 1.807) is 14.2 Å². The SMILES string of the molecule is COCC(C)NC(=O)N(Cc1cccc(OC)c1)C1CCC(O)CC1. The first-order valence-corrected chi connectivity index (χ1v) is 8.90. The number of aliphatic hydroxyl groups excluding tert-OH is 1. The number of amides is 2. The highest BCUT2D eigenvalue weighted by atomic mass is 16.5. The number of rotatable bonds is 7. The Morgan fingerprint density at radius 3 is 2.68 bits per heavy atom. The Labute approximate surface area is 150 Å². The Bertz CT molecular complexity index is 544. The van der Waals surface area contributed by atoms with Crippen molar-refractivity contribution >= 4 is 6.03 Å². The van der Waals surface area contributed by atoms with E-state index in [1.165, 1.54) is 0 Å². The molecule has 0 aliphatic heterocycles. The molecule has 2 rings (SSSR count). The number of benzene rings is 1. The lowest BCUT2D eigenvalue weighted by Gasteiger charge is -2.36. The van der Waals surface area contributed by atoms with Crippen LogP contribution in [-0.4, -0.2) is 55.1 Å². The molecule has 0 bridgehead atoms. The predicted molar refractivity (Wildman–Crippen MR) is 96.7 cm³/mol. The van der Waals surface area contributed by atoms with Crippen molar-refractivity contribution in [1.29, 1.82) is 0 Å². The number of hydrogen-bond donors (Lipinski definition) is 2. The zero-order valence-corrected chi connectivity index (χ0v) is 15.4. The summed E-state index contributed by atoms with van der Waals surface area (Å²) in [7, 11) is 3.26. The van der Waals surface area contributed by atoms with E-state index in [9.17, 15) is 9.90 Å². The van der Waals surface area contributed by atoms with Crippen molar-refractivity contribution in [3.05, 3.63) is 29.8 Å². The summed E-state index contributed by atoms with van der Waals surface area (Å²) in [6.07, 6.45) is 2.86. The van der Waals surface area contributed by atoms with Gasteiger partial charge in [-0.15, -0.1) is 0 Å². The fourth-order valence-corrected chi connectivity index (χ4v) is 3.29. The molecule has 25 heavy (non-hydrogen) atoms. The van der Waals surface area contributed by atoms with Gasteiger partial charge in [-0.2, -0.15) is 0 Å². The van der Waals surface area contributed by atoms with Crippen molar-refractivity contribution in [3.8, 4) is 5.75 Å². The van der Waals surface area contributed by atoms with Gasteiger partial charge < -0.3 is 24.8 Å². The smallest absolute Gasteiger partial charge is 0.318 e. The second kappa shape index (κ2) is 9.63. The molecule has 1 fully saturated rings. The average molecular weight is 350 g/mol. The number of nitrogens with zero attached hydrogens (tertiary/aromatic N) is 1. The van der Waals surface area contributed by atoms with Crippen molar-refractivity contribution in [1.82, 2.24) is 10.2 Å². The van der Waals surface area contributed by atoms with Crippen LogP contribution in [0, 0.1) is 0 Å². The van der Waals surface area contributed by atoms with Crippen LogP contribution in [0.2, 0.25) is 0 Å². The summed E-state index contributed by atoms with van der Waals surface area (Å²) in [4.78, 5) is 14.7. The zero-order chi connectivity index (χ0) is 18.2. The largest absolute Gasteiger partial charge is 0.497 e. The third-order valence-corrected chi connectivity index (χ3v) is 4.64. The summed E-state index contributed by atoms with van der Waals surface area (Å²) in [5.74, 6) is 0.782. The van der Waals surface area contributed by atoms with Gasteiger partial charge in [0.1, 0.15) is 5.75 Å². The van der Waals surface area contributed by atoms with Gasteiger partial charge in [0, 0.05) is 19.7 Å². The Morgan fingerprint density at radius 1 is 1.32 bits per heavy atom. The first-order valence-electron chi connectivity index (χ1n) is 8.90. The second-order valence-corrected chi connectivity index (χ2v) is 6.75. The lowest BCUT2D eigenvalue weighted by Crippen LogP contribution is -2.50. The molecule has 2 amide bonds. The minimum atomic E-state index is -0.245. The third kappa shape index (κ3) is 5.90. The van der Waals surface area contributed by atoms with Gasteiger partial charge in [0.15, 0.2) is 0 Å². The van der Waals surface area contributed by atoms with Crippen LogP contribution in [0.4, 0.5) is 4.79 Å². The van der Waals surface area contributed by atoms with Crippen LogP contribution >= 0.6 is 0 Å². The number of carbonyl (C=O) groups is 1. The molecule has 2 N–H and O–H groups in total. The first kappa shape index (κ1) is 19.5. The van der Waals surface area contributed by atoms with Crippen LogP contribution in [0.15, 0.2) is 24.3 Å². The van der Waals surface area contributed by atoms with Crippen LogP contribution in [0.5, 0.6) is 5.75 Å². The molecular weight excluding hydrogens is 320 g/mol. The maximum absolute atomic E-state index is 12.8. The molecule has 6 nitrogen and oxygen atoms in total. The highest BCUT2D eigenvalue weighted by molar-refractivity contribution is 5.75. The Kier molecular flexibility index (Phi) is 7.52. The summed E-state index contributed by atoms with van der Waals surface area (Å²) in [5.41, 5.74) is 1.03. The number of urea groups is 1.